The summed E-state index contributed by atoms with van der Waals surface area (Å²) >= 11 is 1.16. The SMILES string of the molecule is O=S(=O)(c1cccs1)c1c(-c2ccccc2)oc(C(F)(F)C(F)(F)F)c1S(=O)(=O)c1cccs1. The van der Waals surface area contributed by atoms with E-state index in [0.29, 0.717) is 22.7 Å². The molecule has 0 spiro atoms. The van der Waals surface area contributed by atoms with Gasteiger partial charge in [0.25, 0.3) is 0 Å². The summed E-state index contributed by atoms with van der Waals surface area (Å²) in [5.74, 6) is -9.08. The molecule has 0 unspecified atom stereocenters. The van der Waals surface area contributed by atoms with Crippen molar-refractivity contribution in [1.82, 2.24) is 0 Å². The van der Waals surface area contributed by atoms with Gasteiger partial charge in [-0.1, -0.05) is 42.5 Å². The monoisotopic (exact) mass is 554 g/mol. The third kappa shape index (κ3) is 3.87. The van der Waals surface area contributed by atoms with Crippen LogP contribution in [-0.2, 0) is 25.6 Å². The Bertz CT molecular complexity index is 1520. The Morgan fingerprint density at radius 3 is 1.62 bits per heavy atom. The van der Waals surface area contributed by atoms with E-state index in [-0.39, 0.29) is 5.56 Å². The highest BCUT2D eigenvalue weighted by Crippen LogP contribution is 2.52. The number of alkyl halides is 5. The zero-order valence-corrected chi connectivity index (χ0v) is 19.7. The minimum Gasteiger partial charge on any atom is -0.451 e. The van der Waals surface area contributed by atoms with Crippen LogP contribution in [0.1, 0.15) is 5.76 Å². The van der Waals surface area contributed by atoms with Crippen LogP contribution in [0.3, 0.4) is 0 Å². The Kier molecular flexibility index (Phi) is 5.99. The van der Waals surface area contributed by atoms with Gasteiger partial charge in [0, 0.05) is 5.56 Å². The molecule has 34 heavy (non-hydrogen) atoms. The predicted molar refractivity (Wildman–Crippen MR) is 114 cm³/mol. The van der Waals surface area contributed by atoms with Crippen molar-refractivity contribution in [3.05, 3.63) is 71.1 Å². The second-order valence-corrected chi connectivity index (χ2v) is 12.8. The molecule has 4 rings (SSSR count). The highest BCUT2D eigenvalue weighted by Gasteiger charge is 2.64. The minimum absolute atomic E-state index is 0.204. The van der Waals surface area contributed by atoms with Gasteiger partial charge in [0.2, 0.25) is 25.4 Å². The lowest BCUT2D eigenvalue weighted by atomic mass is 10.2. The molecule has 0 bridgehead atoms. The van der Waals surface area contributed by atoms with Gasteiger partial charge in [-0.25, -0.2) is 16.8 Å². The first-order valence-corrected chi connectivity index (χ1v) is 13.8. The van der Waals surface area contributed by atoms with Crippen molar-refractivity contribution in [3.63, 3.8) is 0 Å². The average Bonchev–Trinajstić information content (AvgIpc) is 3.54. The fraction of sp³-hybridized carbons (Fsp3) is 0.100. The van der Waals surface area contributed by atoms with Crippen LogP contribution in [0.25, 0.3) is 11.3 Å². The summed E-state index contributed by atoms with van der Waals surface area (Å²) in [7, 11) is -10.1. The summed E-state index contributed by atoms with van der Waals surface area (Å²) in [5.41, 5.74) is -0.204. The van der Waals surface area contributed by atoms with E-state index in [4.69, 9.17) is 4.42 Å². The van der Waals surface area contributed by atoms with Crippen molar-refractivity contribution in [1.29, 1.82) is 0 Å². The first kappa shape index (κ1) is 24.6. The van der Waals surface area contributed by atoms with Crippen LogP contribution >= 0.6 is 22.7 Å². The van der Waals surface area contributed by atoms with Crippen molar-refractivity contribution < 1.29 is 43.2 Å². The van der Waals surface area contributed by atoms with Crippen LogP contribution < -0.4 is 0 Å². The molecule has 0 saturated heterocycles. The third-order valence-electron chi connectivity index (χ3n) is 4.56. The van der Waals surface area contributed by atoms with E-state index >= 15 is 0 Å². The zero-order valence-electron chi connectivity index (χ0n) is 16.4. The lowest BCUT2D eigenvalue weighted by Gasteiger charge is -2.18. The highest BCUT2D eigenvalue weighted by atomic mass is 32.2. The van der Waals surface area contributed by atoms with E-state index in [9.17, 15) is 38.8 Å². The third-order valence-corrected chi connectivity index (χ3v) is 11.1. The van der Waals surface area contributed by atoms with Crippen LogP contribution in [0.15, 0.2) is 88.0 Å². The van der Waals surface area contributed by atoms with Gasteiger partial charge in [-0.15, -0.1) is 22.7 Å². The Labute approximate surface area is 197 Å². The molecule has 0 fully saturated rings. The maximum atomic E-state index is 14.7. The van der Waals surface area contributed by atoms with Gasteiger partial charge in [-0.05, 0) is 22.9 Å². The van der Waals surface area contributed by atoms with Crippen molar-refractivity contribution in [2.45, 2.75) is 30.3 Å². The molecule has 0 radical (unpaired) electrons. The molecule has 0 aliphatic heterocycles. The summed E-state index contributed by atoms with van der Waals surface area (Å²) in [4.78, 5) is -3.03. The van der Waals surface area contributed by atoms with Gasteiger partial charge in [0.1, 0.15) is 18.2 Å². The van der Waals surface area contributed by atoms with Crippen molar-refractivity contribution >= 4 is 42.3 Å². The number of hydrogen-bond donors (Lipinski definition) is 0. The molecule has 5 nitrogen and oxygen atoms in total. The molecule has 180 valence electrons. The van der Waals surface area contributed by atoms with Crippen molar-refractivity contribution in [2.24, 2.45) is 0 Å². The van der Waals surface area contributed by atoms with E-state index in [0.717, 1.165) is 12.1 Å². The van der Waals surface area contributed by atoms with Gasteiger partial charge in [0.15, 0.2) is 5.76 Å². The molecule has 0 aliphatic carbocycles. The fourth-order valence-corrected chi connectivity index (χ4v) is 8.85. The maximum Gasteiger partial charge on any atom is 0.461 e. The van der Waals surface area contributed by atoms with Crippen LogP contribution in [0.2, 0.25) is 0 Å². The number of benzene rings is 1. The summed E-state index contributed by atoms with van der Waals surface area (Å²) < 4.78 is 127. The van der Waals surface area contributed by atoms with E-state index in [2.05, 4.69) is 0 Å². The van der Waals surface area contributed by atoms with E-state index in [1.807, 2.05) is 0 Å². The standard InChI is InChI=1S/C20H11F5O5S4/c21-19(22,20(23,24)25)18-17(34(28,29)14-9-5-11-32-14)16(33(26,27)13-8-4-10-31-13)15(30-18)12-6-2-1-3-7-12/h1-11H. The van der Waals surface area contributed by atoms with Crippen molar-refractivity contribution in [3.8, 4) is 11.3 Å². The number of sulfone groups is 2. The largest absolute Gasteiger partial charge is 0.461 e. The molecule has 0 aliphatic rings. The Morgan fingerprint density at radius 2 is 1.18 bits per heavy atom. The normalized spacial score (nSPS) is 13.3. The van der Waals surface area contributed by atoms with Gasteiger partial charge in [-0.2, -0.15) is 22.0 Å². The van der Waals surface area contributed by atoms with Gasteiger partial charge >= 0.3 is 12.1 Å². The molecule has 1 aromatic carbocycles. The Balaban J connectivity index is 2.23. The molecular formula is C20H11F5O5S4. The fourth-order valence-electron chi connectivity index (χ4n) is 3.04. The topological polar surface area (TPSA) is 81.4 Å². The van der Waals surface area contributed by atoms with E-state index in [1.165, 1.54) is 53.2 Å². The summed E-state index contributed by atoms with van der Waals surface area (Å²) in [6.45, 7) is 0. The number of thiophene rings is 2. The number of rotatable bonds is 6. The highest BCUT2D eigenvalue weighted by molar-refractivity contribution is 7.96. The first-order chi connectivity index (χ1) is 15.8. The van der Waals surface area contributed by atoms with Crippen LogP contribution in [-0.4, -0.2) is 23.0 Å². The molecule has 0 N–H and O–H groups in total. The summed E-state index contributed by atoms with van der Waals surface area (Å²) in [6, 6.07) is 11.2. The molecule has 4 aromatic rings. The Hall–Kier alpha value is -2.55. The van der Waals surface area contributed by atoms with Crippen LogP contribution in [0, 0.1) is 0 Å². The smallest absolute Gasteiger partial charge is 0.451 e. The summed E-state index contributed by atoms with van der Waals surface area (Å²) in [6.07, 6.45) is -6.28. The van der Waals surface area contributed by atoms with Gasteiger partial charge in [-0.3, -0.25) is 0 Å². The molecule has 14 heteroatoms. The average molecular weight is 555 g/mol. The minimum atomic E-state index is -6.28. The van der Waals surface area contributed by atoms with Crippen LogP contribution in [0.4, 0.5) is 22.0 Å². The maximum absolute atomic E-state index is 14.7. The lowest BCUT2D eigenvalue weighted by Crippen LogP contribution is -2.34. The van der Waals surface area contributed by atoms with Crippen LogP contribution in [0.5, 0.6) is 0 Å². The predicted octanol–water partition coefficient (Wildman–Crippen LogP) is 6.39. The quantitative estimate of drug-likeness (QED) is 0.258. The van der Waals surface area contributed by atoms with Gasteiger partial charge in [0.05, 0.1) is 0 Å². The lowest BCUT2D eigenvalue weighted by molar-refractivity contribution is -0.296. The number of furan rings is 1. The molecule has 0 saturated carbocycles. The molecule has 0 amide bonds. The number of hydrogen-bond acceptors (Lipinski definition) is 7. The second-order valence-electron chi connectivity index (χ2n) is 6.73. The molecule has 0 atom stereocenters. The van der Waals surface area contributed by atoms with E-state index < -0.39 is 61.5 Å². The number of halogens is 5. The molecule has 3 aromatic heterocycles. The Morgan fingerprint density at radius 1 is 0.676 bits per heavy atom. The van der Waals surface area contributed by atoms with Gasteiger partial charge < -0.3 is 4.42 Å². The zero-order chi connectivity index (χ0) is 24.9. The molecular weight excluding hydrogens is 543 g/mol. The van der Waals surface area contributed by atoms with E-state index in [1.54, 1.807) is 0 Å². The first-order valence-electron chi connectivity index (χ1n) is 9.04. The molecule has 3 heterocycles. The van der Waals surface area contributed by atoms with Crippen molar-refractivity contribution in [2.75, 3.05) is 0 Å². The summed E-state index contributed by atoms with van der Waals surface area (Å²) in [5, 5.41) is 2.58. The second kappa shape index (κ2) is 8.29.